The van der Waals surface area contributed by atoms with Crippen molar-refractivity contribution in [1.29, 1.82) is 0 Å². The Morgan fingerprint density at radius 1 is 1.42 bits per heavy atom. The van der Waals surface area contributed by atoms with Gasteiger partial charge in [0.05, 0.1) is 0 Å². The van der Waals surface area contributed by atoms with Crippen molar-refractivity contribution < 1.29 is 0 Å². The van der Waals surface area contributed by atoms with E-state index in [4.69, 9.17) is 0 Å². The highest BCUT2D eigenvalue weighted by atomic mass is 32.2. The van der Waals surface area contributed by atoms with Crippen LogP contribution >= 0.6 is 11.8 Å². The third kappa shape index (κ3) is 6.57. The van der Waals surface area contributed by atoms with Crippen LogP contribution in [0.2, 0.25) is 0 Å². The van der Waals surface area contributed by atoms with Crippen LogP contribution in [0.5, 0.6) is 0 Å². The Kier molecular flexibility index (Phi) is 8.86. The van der Waals surface area contributed by atoms with E-state index in [1.54, 1.807) is 0 Å². The van der Waals surface area contributed by atoms with Gasteiger partial charge < -0.3 is 5.32 Å². The number of hydrogen-bond donors (Lipinski definition) is 1. The number of thioether (sulfide) groups is 1. The van der Waals surface area contributed by atoms with Crippen LogP contribution in [0.3, 0.4) is 0 Å². The van der Waals surface area contributed by atoms with Crippen LogP contribution in [0.15, 0.2) is 0 Å². The lowest BCUT2D eigenvalue weighted by molar-refractivity contribution is 0.588. The molecule has 0 fully saturated rings. The number of rotatable bonds is 6. The normalized spacial score (nSPS) is 11.9. The van der Waals surface area contributed by atoms with Gasteiger partial charge in [-0.1, -0.05) is 13.8 Å². The van der Waals surface area contributed by atoms with Gasteiger partial charge in [-0.2, -0.15) is 11.8 Å². The molecule has 1 unspecified atom stereocenters. The monoisotopic (exact) mass is 185 g/mol. The summed E-state index contributed by atoms with van der Waals surface area (Å²) in [5, 5.41) is 3.43. The van der Waals surface area contributed by atoms with Crippen molar-refractivity contribution in [2.75, 3.05) is 18.1 Å². The molecular formula is C10H19NS. The Morgan fingerprint density at radius 3 is 2.67 bits per heavy atom. The SMILES string of the molecule is CC#CCC(CSCC)NCC. The average molecular weight is 185 g/mol. The molecule has 0 saturated carbocycles. The van der Waals surface area contributed by atoms with E-state index in [1.807, 2.05) is 18.7 Å². The summed E-state index contributed by atoms with van der Waals surface area (Å²) in [6.07, 6.45) is 0.983. The van der Waals surface area contributed by atoms with Gasteiger partial charge in [0.25, 0.3) is 0 Å². The molecule has 0 radical (unpaired) electrons. The quantitative estimate of drug-likeness (QED) is 0.636. The first-order chi connectivity index (χ1) is 5.85. The highest BCUT2D eigenvalue weighted by Crippen LogP contribution is 2.04. The molecule has 0 spiro atoms. The first-order valence-electron chi connectivity index (χ1n) is 4.55. The van der Waals surface area contributed by atoms with E-state index in [-0.39, 0.29) is 0 Å². The van der Waals surface area contributed by atoms with Gasteiger partial charge in [0.2, 0.25) is 0 Å². The highest BCUT2D eigenvalue weighted by molar-refractivity contribution is 7.99. The van der Waals surface area contributed by atoms with E-state index in [1.165, 1.54) is 11.5 Å². The average Bonchev–Trinajstić information content (AvgIpc) is 2.10. The van der Waals surface area contributed by atoms with Crippen LogP contribution in [0.1, 0.15) is 27.2 Å². The maximum atomic E-state index is 3.43. The fraction of sp³-hybridized carbons (Fsp3) is 0.800. The molecule has 12 heavy (non-hydrogen) atoms. The molecule has 0 aliphatic rings. The summed E-state index contributed by atoms with van der Waals surface area (Å²) < 4.78 is 0. The molecular weight excluding hydrogens is 166 g/mol. The summed E-state index contributed by atoms with van der Waals surface area (Å²) in [4.78, 5) is 0. The van der Waals surface area contributed by atoms with Gasteiger partial charge in [0, 0.05) is 18.2 Å². The van der Waals surface area contributed by atoms with E-state index in [0.29, 0.717) is 6.04 Å². The molecule has 0 bridgehead atoms. The van der Waals surface area contributed by atoms with E-state index in [9.17, 15) is 0 Å². The Balaban J connectivity index is 3.58. The summed E-state index contributed by atoms with van der Waals surface area (Å²) >= 11 is 1.98. The lowest BCUT2D eigenvalue weighted by atomic mass is 10.2. The Hall–Kier alpha value is -0.130. The van der Waals surface area contributed by atoms with Crippen LogP contribution < -0.4 is 5.32 Å². The van der Waals surface area contributed by atoms with Crippen molar-refractivity contribution >= 4 is 11.8 Å². The molecule has 0 heterocycles. The van der Waals surface area contributed by atoms with Gasteiger partial charge >= 0.3 is 0 Å². The zero-order chi connectivity index (χ0) is 9.23. The minimum atomic E-state index is 0.576. The lowest BCUT2D eigenvalue weighted by Gasteiger charge is -2.13. The second kappa shape index (κ2) is 8.96. The first kappa shape index (κ1) is 11.9. The van der Waals surface area contributed by atoms with Gasteiger partial charge in [-0.25, -0.2) is 0 Å². The maximum absolute atomic E-state index is 3.43. The molecule has 0 aromatic rings. The molecule has 0 aromatic heterocycles. The van der Waals surface area contributed by atoms with Gasteiger partial charge in [0.1, 0.15) is 0 Å². The van der Waals surface area contributed by atoms with Crippen molar-refractivity contribution in [2.24, 2.45) is 0 Å². The third-order valence-corrected chi connectivity index (χ3v) is 2.59. The third-order valence-electron chi connectivity index (χ3n) is 1.54. The predicted molar refractivity (Wildman–Crippen MR) is 58.5 cm³/mol. The first-order valence-corrected chi connectivity index (χ1v) is 5.71. The van der Waals surface area contributed by atoms with Crippen molar-refractivity contribution in [3.8, 4) is 11.8 Å². The van der Waals surface area contributed by atoms with Crippen LogP contribution in [0.4, 0.5) is 0 Å². The summed E-state index contributed by atoms with van der Waals surface area (Å²) in [6.45, 7) is 7.28. The van der Waals surface area contributed by atoms with Crippen molar-refractivity contribution in [3.05, 3.63) is 0 Å². The van der Waals surface area contributed by atoms with E-state index in [0.717, 1.165) is 13.0 Å². The number of nitrogens with one attached hydrogen (secondary N) is 1. The van der Waals surface area contributed by atoms with Crippen LogP contribution in [0.25, 0.3) is 0 Å². The molecule has 0 aliphatic heterocycles. The van der Waals surface area contributed by atoms with Gasteiger partial charge in [-0.05, 0) is 19.2 Å². The maximum Gasteiger partial charge on any atom is 0.0267 e. The molecule has 0 amide bonds. The molecule has 2 heteroatoms. The van der Waals surface area contributed by atoms with Crippen molar-refractivity contribution in [1.82, 2.24) is 5.32 Å². The molecule has 1 atom stereocenters. The largest absolute Gasteiger partial charge is 0.312 e. The second-order valence-electron chi connectivity index (χ2n) is 2.54. The Morgan fingerprint density at radius 2 is 2.17 bits per heavy atom. The molecule has 0 rings (SSSR count). The summed E-state index contributed by atoms with van der Waals surface area (Å²) in [6, 6.07) is 0.576. The van der Waals surface area contributed by atoms with Crippen LogP contribution in [-0.2, 0) is 0 Å². The standard InChI is InChI=1S/C10H19NS/c1-4-7-8-10(11-5-2)9-12-6-3/h10-11H,5-6,8-9H2,1-3H3. The smallest absolute Gasteiger partial charge is 0.0267 e. The van der Waals surface area contributed by atoms with Crippen LogP contribution in [-0.4, -0.2) is 24.1 Å². The van der Waals surface area contributed by atoms with Gasteiger partial charge in [-0.3, -0.25) is 0 Å². The lowest BCUT2D eigenvalue weighted by Crippen LogP contribution is -2.30. The zero-order valence-electron chi connectivity index (χ0n) is 8.31. The highest BCUT2D eigenvalue weighted by Gasteiger charge is 2.03. The Bertz CT molecular complexity index is 146. The van der Waals surface area contributed by atoms with Crippen molar-refractivity contribution in [2.45, 2.75) is 33.2 Å². The molecule has 70 valence electrons. The van der Waals surface area contributed by atoms with E-state index < -0.39 is 0 Å². The number of hydrogen-bond acceptors (Lipinski definition) is 2. The van der Waals surface area contributed by atoms with Gasteiger partial charge in [0.15, 0.2) is 0 Å². The topological polar surface area (TPSA) is 12.0 Å². The Labute approximate surface area is 80.7 Å². The fourth-order valence-electron chi connectivity index (χ4n) is 0.964. The minimum absolute atomic E-state index is 0.576. The fourth-order valence-corrected chi connectivity index (χ4v) is 1.72. The molecule has 0 saturated heterocycles. The van der Waals surface area contributed by atoms with E-state index in [2.05, 4.69) is 31.0 Å². The zero-order valence-corrected chi connectivity index (χ0v) is 9.13. The molecule has 0 aliphatic carbocycles. The molecule has 1 nitrogen and oxygen atoms in total. The molecule has 1 N–H and O–H groups in total. The molecule has 0 aromatic carbocycles. The van der Waals surface area contributed by atoms with Crippen molar-refractivity contribution in [3.63, 3.8) is 0 Å². The summed E-state index contributed by atoms with van der Waals surface area (Å²) in [5.74, 6) is 8.43. The predicted octanol–water partition coefficient (Wildman–Crippen LogP) is 2.13. The van der Waals surface area contributed by atoms with Crippen LogP contribution in [0, 0.1) is 11.8 Å². The minimum Gasteiger partial charge on any atom is -0.312 e. The summed E-state index contributed by atoms with van der Waals surface area (Å²) in [5.41, 5.74) is 0. The van der Waals surface area contributed by atoms with Gasteiger partial charge in [-0.15, -0.1) is 11.8 Å². The van der Waals surface area contributed by atoms with E-state index >= 15 is 0 Å². The summed E-state index contributed by atoms with van der Waals surface area (Å²) in [7, 11) is 0. The second-order valence-corrected chi connectivity index (χ2v) is 3.86.